The molecule has 1 saturated heterocycles. The maximum absolute atomic E-state index is 13.8. The summed E-state index contributed by atoms with van der Waals surface area (Å²) in [5.41, 5.74) is 2.90. The Bertz CT molecular complexity index is 1200. The molecule has 0 bridgehead atoms. The van der Waals surface area contributed by atoms with Crippen LogP contribution in [0.25, 0.3) is 11.0 Å². The first-order chi connectivity index (χ1) is 14.7. The van der Waals surface area contributed by atoms with Gasteiger partial charge in [-0.2, -0.15) is 13.1 Å². The zero-order chi connectivity index (χ0) is 22.3. The Morgan fingerprint density at radius 1 is 0.968 bits per heavy atom. The highest BCUT2D eigenvalue weighted by Crippen LogP contribution is 2.30. The molecule has 3 aromatic rings. The van der Waals surface area contributed by atoms with Crippen molar-refractivity contribution in [2.75, 3.05) is 26.2 Å². The van der Waals surface area contributed by atoms with E-state index < -0.39 is 16.6 Å². The molecular formula is C22H26F2N4O2S. The van der Waals surface area contributed by atoms with Crippen LogP contribution in [0.3, 0.4) is 0 Å². The lowest BCUT2D eigenvalue weighted by Crippen LogP contribution is -2.49. The number of aromatic nitrogens is 2. The van der Waals surface area contributed by atoms with E-state index in [4.69, 9.17) is 0 Å². The zero-order valence-electron chi connectivity index (χ0n) is 17.8. The first-order valence-corrected chi connectivity index (χ1v) is 11.7. The number of hydrogen-bond acceptors (Lipinski definition) is 4. The number of alkyl halides is 2. The highest BCUT2D eigenvalue weighted by molar-refractivity contribution is 7.89. The molecule has 31 heavy (non-hydrogen) atoms. The molecule has 4 rings (SSSR count). The van der Waals surface area contributed by atoms with E-state index in [-0.39, 0.29) is 10.9 Å². The fourth-order valence-electron chi connectivity index (χ4n) is 4.08. The Kier molecular flexibility index (Phi) is 5.85. The summed E-state index contributed by atoms with van der Waals surface area (Å²) in [6, 6.07) is 11.6. The molecule has 1 aliphatic rings. The van der Waals surface area contributed by atoms with Crippen LogP contribution in [0.1, 0.15) is 36.5 Å². The minimum absolute atomic E-state index is 0.289. The van der Waals surface area contributed by atoms with Crippen LogP contribution in [-0.4, -0.2) is 53.4 Å². The van der Waals surface area contributed by atoms with Crippen LogP contribution in [-0.2, 0) is 10.0 Å². The molecule has 0 unspecified atom stereocenters. The molecule has 0 N–H and O–H groups in total. The smallest absolute Gasteiger partial charge is 0.291 e. The van der Waals surface area contributed by atoms with Gasteiger partial charge in [-0.05, 0) is 56.2 Å². The van der Waals surface area contributed by atoms with Crippen molar-refractivity contribution in [3.63, 3.8) is 0 Å². The molecule has 1 fully saturated rings. The number of piperazine rings is 1. The second-order valence-corrected chi connectivity index (χ2v) is 9.91. The normalized spacial score (nSPS) is 17.5. The van der Waals surface area contributed by atoms with E-state index in [2.05, 4.69) is 4.98 Å². The van der Waals surface area contributed by atoms with E-state index in [0.29, 0.717) is 43.0 Å². The third kappa shape index (κ3) is 3.97. The van der Waals surface area contributed by atoms with Gasteiger partial charge in [0, 0.05) is 26.2 Å². The van der Waals surface area contributed by atoms with Crippen LogP contribution in [0.15, 0.2) is 47.4 Å². The number of para-hydroxylation sites is 2. The quantitative estimate of drug-likeness (QED) is 0.589. The first-order valence-electron chi connectivity index (χ1n) is 10.3. The van der Waals surface area contributed by atoms with Crippen molar-refractivity contribution in [2.45, 2.75) is 38.3 Å². The molecule has 1 aromatic heterocycles. The number of fused-ring (bicyclic) bond motifs is 1. The fraction of sp³-hybridized carbons (Fsp3) is 0.409. The zero-order valence-corrected chi connectivity index (χ0v) is 18.6. The summed E-state index contributed by atoms with van der Waals surface area (Å²) in [5, 5.41) is 0. The third-order valence-corrected chi connectivity index (χ3v) is 8.02. The molecular weight excluding hydrogens is 422 g/mol. The molecule has 0 aliphatic carbocycles. The largest absolute Gasteiger partial charge is 0.320 e. The number of imidazole rings is 1. The molecule has 9 heteroatoms. The lowest BCUT2D eigenvalue weighted by Gasteiger charge is -2.37. The fourth-order valence-corrected chi connectivity index (χ4v) is 5.59. The van der Waals surface area contributed by atoms with E-state index in [9.17, 15) is 17.2 Å². The summed E-state index contributed by atoms with van der Waals surface area (Å²) in [4.78, 5) is 6.75. The van der Waals surface area contributed by atoms with E-state index >= 15 is 0 Å². The van der Waals surface area contributed by atoms with Gasteiger partial charge in [-0.3, -0.25) is 9.47 Å². The highest BCUT2D eigenvalue weighted by Gasteiger charge is 2.32. The molecule has 0 spiro atoms. The molecule has 0 radical (unpaired) electrons. The third-order valence-electron chi connectivity index (χ3n) is 6.13. The summed E-state index contributed by atoms with van der Waals surface area (Å²) in [6.45, 7) is 4.46. The predicted molar refractivity (Wildman–Crippen MR) is 116 cm³/mol. The lowest BCUT2D eigenvalue weighted by atomic mass is 10.1. The van der Waals surface area contributed by atoms with Gasteiger partial charge in [0.2, 0.25) is 10.0 Å². The van der Waals surface area contributed by atoms with Crippen molar-refractivity contribution >= 4 is 21.1 Å². The van der Waals surface area contributed by atoms with Gasteiger partial charge in [0.05, 0.1) is 22.0 Å². The van der Waals surface area contributed by atoms with Crippen molar-refractivity contribution < 1.29 is 17.2 Å². The summed E-state index contributed by atoms with van der Waals surface area (Å²) >= 11 is 0. The van der Waals surface area contributed by atoms with Gasteiger partial charge in [-0.15, -0.1) is 0 Å². The second-order valence-electron chi connectivity index (χ2n) is 7.97. The summed E-state index contributed by atoms with van der Waals surface area (Å²) in [5.74, 6) is 0.293. The number of hydrogen-bond donors (Lipinski definition) is 0. The van der Waals surface area contributed by atoms with Gasteiger partial charge in [0.25, 0.3) is 0 Å². The lowest BCUT2D eigenvalue weighted by molar-refractivity contribution is 0.0616. The van der Waals surface area contributed by atoms with Gasteiger partial charge in [0.15, 0.2) is 0 Å². The molecule has 1 aliphatic heterocycles. The summed E-state index contributed by atoms with van der Waals surface area (Å²) in [6.07, 6.45) is 0. The topological polar surface area (TPSA) is 58.4 Å². The van der Waals surface area contributed by atoms with Gasteiger partial charge < -0.3 is 0 Å². The second kappa shape index (κ2) is 8.29. The average Bonchev–Trinajstić information content (AvgIpc) is 3.15. The van der Waals surface area contributed by atoms with E-state index in [1.165, 1.54) is 4.31 Å². The number of nitrogens with zero attached hydrogens (tertiary/aromatic N) is 4. The van der Waals surface area contributed by atoms with Crippen molar-refractivity contribution in [3.05, 3.63) is 59.4 Å². The number of benzene rings is 2. The van der Waals surface area contributed by atoms with Crippen LogP contribution in [0.5, 0.6) is 0 Å². The Morgan fingerprint density at radius 3 is 2.29 bits per heavy atom. The van der Waals surface area contributed by atoms with Crippen LogP contribution < -0.4 is 0 Å². The summed E-state index contributed by atoms with van der Waals surface area (Å²) in [7, 11) is -3.59. The van der Waals surface area contributed by atoms with Crippen LogP contribution >= 0.6 is 0 Å². The number of sulfonamides is 1. The van der Waals surface area contributed by atoms with Crippen molar-refractivity contribution in [3.8, 4) is 0 Å². The van der Waals surface area contributed by atoms with E-state index in [1.54, 1.807) is 36.4 Å². The molecule has 1 atom stereocenters. The minimum Gasteiger partial charge on any atom is -0.291 e. The van der Waals surface area contributed by atoms with Crippen molar-refractivity contribution in [1.29, 1.82) is 0 Å². The Hall–Kier alpha value is -2.36. The van der Waals surface area contributed by atoms with Gasteiger partial charge in [-0.1, -0.05) is 18.2 Å². The number of halogens is 2. The standard InChI is InChI=1S/C22H26F2N4O2S/c1-15-8-9-18(14-16(15)2)31(29,30)27-12-10-26(11-13-27)17(3)21-25-19-6-4-5-7-20(19)28(21)22(23)24/h4-9,14,17,22H,10-13H2,1-3H3/t17-/m1/s1. The van der Waals surface area contributed by atoms with Gasteiger partial charge in [0.1, 0.15) is 5.82 Å². The monoisotopic (exact) mass is 448 g/mol. The van der Waals surface area contributed by atoms with Crippen molar-refractivity contribution in [2.24, 2.45) is 0 Å². The first kappa shape index (κ1) is 21.9. The van der Waals surface area contributed by atoms with Crippen LogP contribution in [0.2, 0.25) is 0 Å². The van der Waals surface area contributed by atoms with Crippen LogP contribution in [0.4, 0.5) is 8.78 Å². The maximum atomic E-state index is 13.8. The molecule has 2 aromatic carbocycles. The Morgan fingerprint density at radius 2 is 1.65 bits per heavy atom. The molecule has 166 valence electrons. The van der Waals surface area contributed by atoms with Gasteiger partial charge >= 0.3 is 6.55 Å². The van der Waals surface area contributed by atoms with Crippen molar-refractivity contribution in [1.82, 2.24) is 18.8 Å². The molecule has 0 saturated carbocycles. The molecule has 6 nitrogen and oxygen atoms in total. The Labute approximate surface area is 181 Å². The molecule has 2 heterocycles. The Balaban J connectivity index is 1.53. The van der Waals surface area contributed by atoms with E-state index in [0.717, 1.165) is 15.7 Å². The van der Waals surface area contributed by atoms with Crippen LogP contribution in [0, 0.1) is 13.8 Å². The van der Waals surface area contributed by atoms with E-state index in [1.807, 2.05) is 31.7 Å². The molecule has 0 amide bonds. The van der Waals surface area contributed by atoms with Gasteiger partial charge in [-0.25, -0.2) is 13.4 Å². The SMILES string of the molecule is Cc1ccc(S(=O)(=O)N2CCN([C@H](C)c3nc4ccccc4n3C(F)F)CC2)cc1C. The minimum atomic E-state index is -3.59. The maximum Gasteiger partial charge on any atom is 0.320 e. The highest BCUT2D eigenvalue weighted by atomic mass is 32.2. The summed E-state index contributed by atoms with van der Waals surface area (Å²) < 4.78 is 56.1. The average molecular weight is 449 g/mol. The number of rotatable bonds is 5. The predicted octanol–water partition coefficient (Wildman–Crippen LogP) is 4.12. The number of aryl methyl sites for hydroxylation is 2.